The highest BCUT2D eigenvalue weighted by Crippen LogP contribution is 2.66. The Morgan fingerprint density at radius 2 is 1.65 bits per heavy atom. The second kappa shape index (κ2) is 5.06. The summed E-state index contributed by atoms with van der Waals surface area (Å²) < 4.78 is 0. The first-order chi connectivity index (χ1) is 10.8. The lowest BCUT2D eigenvalue weighted by atomic mass is 9.44. The van der Waals surface area contributed by atoms with E-state index in [4.69, 9.17) is 0 Å². The minimum atomic E-state index is -0.403. The van der Waals surface area contributed by atoms with E-state index >= 15 is 0 Å². The Hall–Kier alpha value is -0.380. The molecule has 0 aromatic heterocycles. The van der Waals surface area contributed by atoms with Crippen molar-refractivity contribution in [3.8, 4) is 0 Å². The average molecular weight is 320 g/mol. The molecule has 0 aliphatic heterocycles. The van der Waals surface area contributed by atoms with E-state index in [-0.39, 0.29) is 23.0 Å². The van der Waals surface area contributed by atoms with E-state index in [1.165, 1.54) is 0 Å². The largest absolute Gasteiger partial charge is 0.393 e. The standard InChI is InChI=1S/C20H32O3/c1-11-8-15-17-14(5-7-20(15,3)18(11)23)19(2)6-4-13(21)9-12(19)10-16(17)22/h12-18,21-23H,1,4-10H2,2-3H3/t12-,13-,14?,15?,16?,17?,18-,19-,20-/m0/s1. The Kier molecular flexibility index (Phi) is 3.54. The predicted molar refractivity (Wildman–Crippen MR) is 89.7 cm³/mol. The van der Waals surface area contributed by atoms with Gasteiger partial charge in [0, 0.05) is 5.41 Å². The number of aliphatic hydroxyl groups is 3. The number of hydrogen-bond donors (Lipinski definition) is 3. The third kappa shape index (κ3) is 2.06. The molecular weight excluding hydrogens is 288 g/mol. The highest BCUT2D eigenvalue weighted by Gasteiger charge is 2.63. The number of hydrogen-bond acceptors (Lipinski definition) is 3. The molecule has 4 fully saturated rings. The number of aliphatic hydroxyl groups excluding tert-OH is 3. The fourth-order valence-corrected chi connectivity index (χ4v) is 7.14. The zero-order valence-corrected chi connectivity index (χ0v) is 14.5. The zero-order chi connectivity index (χ0) is 16.6. The van der Waals surface area contributed by atoms with Gasteiger partial charge >= 0.3 is 0 Å². The van der Waals surface area contributed by atoms with Gasteiger partial charge in [0.15, 0.2) is 0 Å². The third-order valence-corrected chi connectivity index (χ3v) is 8.59. The van der Waals surface area contributed by atoms with Gasteiger partial charge in [0.2, 0.25) is 0 Å². The summed E-state index contributed by atoms with van der Waals surface area (Å²) in [7, 11) is 0. The van der Waals surface area contributed by atoms with Gasteiger partial charge < -0.3 is 15.3 Å². The van der Waals surface area contributed by atoms with Crippen molar-refractivity contribution in [2.45, 2.75) is 77.1 Å². The fourth-order valence-electron chi connectivity index (χ4n) is 7.14. The van der Waals surface area contributed by atoms with E-state index in [2.05, 4.69) is 20.4 Å². The van der Waals surface area contributed by atoms with Crippen LogP contribution in [0.3, 0.4) is 0 Å². The van der Waals surface area contributed by atoms with Crippen molar-refractivity contribution in [3.05, 3.63) is 12.2 Å². The summed E-state index contributed by atoms with van der Waals surface area (Å²) >= 11 is 0. The Labute approximate surface area is 139 Å². The van der Waals surface area contributed by atoms with Crippen molar-refractivity contribution in [1.29, 1.82) is 0 Å². The summed E-state index contributed by atoms with van der Waals surface area (Å²) in [6.07, 6.45) is 5.81. The van der Waals surface area contributed by atoms with Crippen LogP contribution in [0.15, 0.2) is 12.2 Å². The van der Waals surface area contributed by atoms with Gasteiger partial charge in [-0.15, -0.1) is 0 Å². The normalized spacial score (nSPS) is 59.2. The zero-order valence-electron chi connectivity index (χ0n) is 14.5. The Morgan fingerprint density at radius 3 is 2.39 bits per heavy atom. The van der Waals surface area contributed by atoms with Gasteiger partial charge in [0.1, 0.15) is 0 Å². The highest BCUT2D eigenvalue weighted by molar-refractivity contribution is 5.23. The molecule has 0 bridgehead atoms. The van der Waals surface area contributed by atoms with Crippen molar-refractivity contribution in [2.24, 2.45) is 34.5 Å². The van der Waals surface area contributed by atoms with Crippen LogP contribution in [0.25, 0.3) is 0 Å². The van der Waals surface area contributed by atoms with Gasteiger partial charge in [-0.3, -0.25) is 0 Å². The van der Waals surface area contributed by atoms with E-state index in [1.54, 1.807) is 0 Å². The van der Waals surface area contributed by atoms with Crippen LogP contribution >= 0.6 is 0 Å². The van der Waals surface area contributed by atoms with Gasteiger partial charge in [0.05, 0.1) is 18.3 Å². The summed E-state index contributed by atoms with van der Waals surface area (Å²) in [6.45, 7) is 8.73. The van der Waals surface area contributed by atoms with Crippen LogP contribution in [-0.2, 0) is 0 Å². The molecule has 0 heterocycles. The molecule has 9 atom stereocenters. The van der Waals surface area contributed by atoms with Crippen LogP contribution < -0.4 is 0 Å². The molecule has 3 nitrogen and oxygen atoms in total. The van der Waals surface area contributed by atoms with Crippen molar-refractivity contribution >= 4 is 0 Å². The first-order valence-electron chi connectivity index (χ1n) is 9.49. The quantitative estimate of drug-likeness (QED) is 0.602. The summed E-state index contributed by atoms with van der Waals surface area (Å²) in [5, 5.41) is 31.7. The maximum Gasteiger partial charge on any atom is 0.0804 e. The minimum Gasteiger partial charge on any atom is -0.393 e. The average Bonchev–Trinajstić information content (AvgIpc) is 2.73. The molecule has 0 aromatic carbocycles. The molecule has 4 saturated carbocycles. The Balaban J connectivity index is 1.69. The highest BCUT2D eigenvalue weighted by atomic mass is 16.3. The molecule has 0 saturated heterocycles. The molecule has 4 aliphatic carbocycles. The van der Waals surface area contributed by atoms with E-state index in [9.17, 15) is 15.3 Å². The lowest BCUT2D eigenvalue weighted by molar-refractivity contribution is -0.176. The van der Waals surface area contributed by atoms with Crippen LogP contribution in [0.5, 0.6) is 0 Å². The smallest absolute Gasteiger partial charge is 0.0804 e. The van der Waals surface area contributed by atoms with Crippen LogP contribution in [0.1, 0.15) is 58.8 Å². The molecule has 4 aliphatic rings. The number of fused-ring (bicyclic) bond motifs is 5. The Bertz CT molecular complexity index is 517. The van der Waals surface area contributed by atoms with Gasteiger partial charge in [-0.2, -0.15) is 0 Å². The first-order valence-corrected chi connectivity index (χ1v) is 9.49. The second-order valence-corrected chi connectivity index (χ2v) is 9.53. The van der Waals surface area contributed by atoms with Crippen LogP contribution in [0, 0.1) is 34.5 Å². The summed E-state index contributed by atoms with van der Waals surface area (Å²) in [5.74, 6) is 1.63. The van der Waals surface area contributed by atoms with Gasteiger partial charge in [-0.1, -0.05) is 20.4 Å². The Morgan fingerprint density at radius 1 is 0.957 bits per heavy atom. The van der Waals surface area contributed by atoms with Crippen molar-refractivity contribution in [3.63, 3.8) is 0 Å². The van der Waals surface area contributed by atoms with E-state index < -0.39 is 6.10 Å². The maximum atomic E-state index is 11.0. The molecule has 4 rings (SSSR count). The van der Waals surface area contributed by atoms with Crippen LogP contribution in [0.4, 0.5) is 0 Å². The molecule has 4 unspecified atom stereocenters. The molecule has 0 aromatic rings. The van der Waals surface area contributed by atoms with Gasteiger partial charge in [-0.05, 0) is 79.6 Å². The lowest BCUT2D eigenvalue weighted by Crippen LogP contribution is -2.58. The van der Waals surface area contributed by atoms with Crippen molar-refractivity contribution < 1.29 is 15.3 Å². The molecule has 130 valence electrons. The summed E-state index contributed by atoms with van der Waals surface area (Å²) in [5.41, 5.74) is 1.12. The van der Waals surface area contributed by atoms with Crippen LogP contribution in [0.2, 0.25) is 0 Å². The van der Waals surface area contributed by atoms with E-state index in [1.807, 2.05) is 0 Å². The lowest BCUT2D eigenvalue weighted by Gasteiger charge is -2.61. The molecule has 23 heavy (non-hydrogen) atoms. The topological polar surface area (TPSA) is 60.7 Å². The first kappa shape index (κ1) is 16.1. The summed E-state index contributed by atoms with van der Waals surface area (Å²) in [6, 6.07) is 0. The maximum absolute atomic E-state index is 11.0. The molecule has 0 amide bonds. The van der Waals surface area contributed by atoms with E-state index in [0.29, 0.717) is 23.7 Å². The van der Waals surface area contributed by atoms with Crippen LogP contribution in [-0.4, -0.2) is 33.6 Å². The predicted octanol–water partition coefficient (Wildman–Crippen LogP) is 2.89. The minimum absolute atomic E-state index is 0.101. The van der Waals surface area contributed by atoms with Gasteiger partial charge in [0.25, 0.3) is 0 Å². The van der Waals surface area contributed by atoms with Gasteiger partial charge in [-0.25, -0.2) is 0 Å². The number of rotatable bonds is 0. The fraction of sp³-hybridized carbons (Fsp3) is 0.900. The van der Waals surface area contributed by atoms with E-state index in [0.717, 1.165) is 50.5 Å². The molecule has 3 heteroatoms. The third-order valence-electron chi connectivity index (χ3n) is 8.59. The van der Waals surface area contributed by atoms with Crippen molar-refractivity contribution in [1.82, 2.24) is 0 Å². The van der Waals surface area contributed by atoms with Crippen molar-refractivity contribution in [2.75, 3.05) is 0 Å². The molecule has 0 spiro atoms. The second-order valence-electron chi connectivity index (χ2n) is 9.53. The molecule has 0 radical (unpaired) electrons. The molecule has 3 N–H and O–H groups in total. The monoisotopic (exact) mass is 320 g/mol. The molecular formula is C20H32O3. The SMILES string of the molecule is C=C1CC2C3C(O)C[C@@H]4C[C@@H](O)CC[C@]4(C)C3CC[C@]2(C)[C@H]1O. The summed E-state index contributed by atoms with van der Waals surface area (Å²) in [4.78, 5) is 0.